The lowest BCUT2D eigenvalue weighted by Gasteiger charge is -2.41. The Morgan fingerprint density at radius 2 is 2.43 bits per heavy atom. The van der Waals surface area contributed by atoms with Crippen LogP contribution in [0.4, 0.5) is 0 Å². The van der Waals surface area contributed by atoms with Crippen LogP contribution >= 0.6 is 11.3 Å². The van der Waals surface area contributed by atoms with Crippen LogP contribution in [0, 0.1) is 6.92 Å². The molecule has 0 aliphatic heterocycles. The molecule has 1 saturated carbocycles. The lowest BCUT2D eigenvalue weighted by atomic mass is 9.77. The number of hydrogen-bond donors (Lipinski definition) is 2. The van der Waals surface area contributed by atoms with E-state index >= 15 is 0 Å². The summed E-state index contributed by atoms with van der Waals surface area (Å²) in [5, 5.41) is 15.8. The van der Waals surface area contributed by atoms with Gasteiger partial charge in [-0.05, 0) is 26.2 Å². The van der Waals surface area contributed by atoms with Gasteiger partial charge in [0.15, 0.2) is 0 Å². The van der Waals surface area contributed by atoms with Crippen LogP contribution in [-0.4, -0.2) is 22.2 Å². The minimum Gasteiger partial charge on any atom is -0.394 e. The molecule has 78 valence electrons. The van der Waals surface area contributed by atoms with E-state index in [-0.39, 0.29) is 12.1 Å². The minimum absolute atomic E-state index is 0.00246. The Kier molecular flexibility index (Phi) is 2.85. The van der Waals surface area contributed by atoms with Crippen molar-refractivity contribution in [2.45, 2.75) is 38.3 Å². The van der Waals surface area contributed by atoms with E-state index in [0.717, 1.165) is 30.1 Å². The minimum atomic E-state index is -0.00246. The largest absolute Gasteiger partial charge is 0.394 e. The van der Waals surface area contributed by atoms with E-state index in [4.69, 9.17) is 0 Å². The molecule has 1 aliphatic carbocycles. The summed E-state index contributed by atoms with van der Waals surface area (Å²) in [4.78, 5) is 4.38. The maximum absolute atomic E-state index is 9.24. The van der Waals surface area contributed by atoms with Crippen LogP contribution < -0.4 is 5.32 Å². The number of nitrogens with one attached hydrogen (secondary N) is 1. The van der Waals surface area contributed by atoms with Gasteiger partial charge in [-0.3, -0.25) is 0 Å². The van der Waals surface area contributed by atoms with Crippen molar-refractivity contribution in [3.05, 3.63) is 16.1 Å². The molecule has 4 heteroatoms. The summed E-state index contributed by atoms with van der Waals surface area (Å²) in [6, 6.07) is 0. The number of aryl methyl sites for hydroxylation is 1. The molecule has 3 nitrogen and oxygen atoms in total. The third kappa shape index (κ3) is 1.97. The molecule has 1 fully saturated rings. The summed E-state index contributed by atoms with van der Waals surface area (Å²) >= 11 is 1.67. The molecule has 1 aromatic heterocycles. The summed E-state index contributed by atoms with van der Waals surface area (Å²) < 4.78 is 0. The molecule has 0 bridgehead atoms. The first-order valence-corrected chi connectivity index (χ1v) is 5.89. The number of hydrogen-bond acceptors (Lipinski definition) is 4. The van der Waals surface area contributed by atoms with Crippen molar-refractivity contribution in [2.24, 2.45) is 0 Å². The van der Waals surface area contributed by atoms with Crippen molar-refractivity contribution in [3.8, 4) is 0 Å². The lowest BCUT2D eigenvalue weighted by molar-refractivity contribution is 0.0869. The molecule has 0 aromatic carbocycles. The van der Waals surface area contributed by atoms with E-state index in [1.54, 1.807) is 11.3 Å². The van der Waals surface area contributed by atoms with Crippen LogP contribution in [0.2, 0.25) is 0 Å². The highest BCUT2D eigenvalue weighted by Crippen LogP contribution is 2.31. The fourth-order valence-electron chi connectivity index (χ4n) is 1.76. The Balaban J connectivity index is 1.87. The van der Waals surface area contributed by atoms with E-state index in [1.165, 1.54) is 6.42 Å². The van der Waals surface area contributed by atoms with Gasteiger partial charge in [-0.1, -0.05) is 0 Å². The SMILES string of the molecule is Cc1nc(CNC2(CO)CCC2)cs1. The molecule has 14 heavy (non-hydrogen) atoms. The molecule has 1 heterocycles. The number of aromatic nitrogens is 1. The summed E-state index contributed by atoms with van der Waals surface area (Å²) in [5.74, 6) is 0. The predicted molar refractivity (Wildman–Crippen MR) is 57.4 cm³/mol. The molecule has 1 aromatic rings. The van der Waals surface area contributed by atoms with Crippen LogP contribution in [-0.2, 0) is 6.54 Å². The quantitative estimate of drug-likeness (QED) is 0.794. The fourth-order valence-corrected chi connectivity index (χ4v) is 2.37. The Hall–Kier alpha value is -0.450. The molecule has 0 amide bonds. The highest BCUT2D eigenvalue weighted by molar-refractivity contribution is 7.09. The zero-order chi connectivity index (χ0) is 10.0. The zero-order valence-corrected chi connectivity index (χ0v) is 9.23. The van der Waals surface area contributed by atoms with E-state index in [2.05, 4.69) is 15.7 Å². The molecule has 0 atom stereocenters. The number of nitrogens with zero attached hydrogens (tertiary/aromatic N) is 1. The van der Waals surface area contributed by atoms with Crippen molar-refractivity contribution in [3.63, 3.8) is 0 Å². The molecule has 0 unspecified atom stereocenters. The van der Waals surface area contributed by atoms with Crippen LogP contribution in [0.15, 0.2) is 5.38 Å². The van der Waals surface area contributed by atoms with Crippen LogP contribution in [0.1, 0.15) is 30.0 Å². The Labute approximate surface area is 88.2 Å². The van der Waals surface area contributed by atoms with Crippen LogP contribution in [0.3, 0.4) is 0 Å². The Morgan fingerprint density at radius 3 is 2.86 bits per heavy atom. The molecule has 2 rings (SSSR count). The molecule has 0 radical (unpaired) electrons. The fraction of sp³-hybridized carbons (Fsp3) is 0.700. The summed E-state index contributed by atoms with van der Waals surface area (Å²) in [6.45, 7) is 3.04. The van der Waals surface area contributed by atoms with Crippen molar-refractivity contribution >= 4 is 11.3 Å². The van der Waals surface area contributed by atoms with Gasteiger partial charge in [0.2, 0.25) is 0 Å². The maximum atomic E-state index is 9.24. The average molecular weight is 212 g/mol. The van der Waals surface area contributed by atoms with Gasteiger partial charge in [0.05, 0.1) is 17.3 Å². The van der Waals surface area contributed by atoms with Crippen molar-refractivity contribution in [1.29, 1.82) is 0 Å². The van der Waals surface area contributed by atoms with Crippen LogP contribution in [0.5, 0.6) is 0 Å². The standard InChI is InChI=1S/C10H16N2OS/c1-8-12-9(6-14-8)5-11-10(7-13)3-2-4-10/h6,11,13H,2-5,7H2,1H3. The topological polar surface area (TPSA) is 45.2 Å². The predicted octanol–water partition coefficient (Wildman–Crippen LogP) is 1.46. The number of aliphatic hydroxyl groups is 1. The number of aliphatic hydroxyl groups excluding tert-OH is 1. The third-order valence-electron chi connectivity index (χ3n) is 2.92. The summed E-state index contributed by atoms with van der Waals surface area (Å²) in [6.07, 6.45) is 3.41. The third-order valence-corrected chi connectivity index (χ3v) is 3.75. The Morgan fingerprint density at radius 1 is 1.64 bits per heavy atom. The van der Waals surface area contributed by atoms with Crippen LogP contribution in [0.25, 0.3) is 0 Å². The second-order valence-corrected chi connectivity index (χ2v) is 5.07. The van der Waals surface area contributed by atoms with E-state index in [0.29, 0.717) is 0 Å². The van der Waals surface area contributed by atoms with Gasteiger partial charge in [-0.15, -0.1) is 11.3 Å². The molecular weight excluding hydrogens is 196 g/mol. The first kappa shape index (κ1) is 10.1. The summed E-state index contributed by atoms with van der Waals surface area (Å²) in [7, 11) is 0. The first-order valence-electron chi connectivity index (χ1n) is 5.01. The number of rotatable bonds is 4. The second-order valence-electron chi connectivity index (χ2n) is 4.00. The zero-order valence-electron chi connectivity index (χ0n) is 8.42. The van der Waals surface area contributed by atoms with Crippen molar-refractivity contribution in [2.75, 3.05) is 6.61 Å². The average Bonchev–Trinajstić information content (AvgIpc) is 2.50. The molecule has 0 saturated heterocycles. The smallest absolute Gasteiger partial charge is 0.0897 e. The normalized spacial score (nSPS) is 19.3. The molecule has 1 aliphatic rings. The van der Waals surface area contributed by atoms with Gasteiger partial charge in [0, 0.05) is 17.5 Å². The Bertz CT molecular complexity index is 301. The van der Waals surface area contributed by atoms with Gasteiger partial charge >= 0.3 is 0 Å². The highest BCUT2D eigenvalue weighted by Gasteiger charge is 2.35. The van der Waals surface area contributed by atoms with Gasteiger partial charge in [-0.25, -0.2) is 4.98 Å². The van der Waals surface area contributed by atoms with Gasteiger partial charge in [0.1, 0.15) is 0 Å². The van der Waals surface area contributed by atoms with Crippen molar-refractivity contribution in [1.82, 2.24) is 10.3 Å². The van der Waals surface area contributed by atoms with E-state index < -0.39 is 0 Å². The van der Waals surface area contributed by atoms with Gasteiger partial charge < -0.3 is 10.4 Å². The van der Waals surface area contributed by atoms with Gasteiger partial charge in [-0.2, -0.15) is 0 Å². The van der Waals surface area contributed by atoms with Gasteiger partial charge in [0.25, 0.3) is 0 Å². The maximum Gasteiger partial charge on any atom is 0.0897 e. The number of thiazole rings is 1. The van der Waals surface area contributed by atoms with E-state index in [9.17, 15) is 5.11 Å². The molecule has 0 spiro atoms. The first-order chi connectivity index (χ1) is 6.74. The van der Waals surface area contributed by atoms with E-state index in [1.807, 2.05) is 6.92 Å². The monoisotopic (exact) mass is 212 g/mol. The molecule has 2 N–H and O–H groups in total. The lowest BCUT2D eigenvalue weighted by Crippen LogP contribution is -2.53. The summed E-state index contributed by atoms with van der Waals surface area (Å²) in [5.41, 5.74) is 1.09. The highest BCUT2D eigenvalue weighted by atomic mass is 32.1. The van der Waals surface area contributed by atoms with Crippen molar-refractivity contribution < 1.29 is 5.11 Å². The second kappa shape index (κ2) is 3.96. The molecular formula is C10H16N2OS.